The number of likely N-dealkylation sites (tertiary alicyclic amines) is 1. The number of H-pyrrole nitrogens is 1. The minimum absolute atomic E-state index is 0.0555. The van der Waals surface area contributed by atoms with E-state index in [1.54, 1.807) is 30.3 Å². The van der Waals surface area contributed by atoms with Gasteiger partial charge in [-0.15, -0.1) is 0 Å². The molecule has 23 heavy (non-hydrogen) atoms. The number of carboxylic acids is 1. The first-order chi connectivity index (χ1) is 11.1. The van der Waals surface area contributed by atoms with Crippen LogP contribution in [0.3, 0.4) is 0 Å². The van der Waals surface area contributed by atoms with Crippen LogP contribution in [0.1, 0.15) is 33.0 Å². The van der Waals surface area contributed by atoms with Crippen molar-refractivity contribution in [2.24, 2.45) is 5.92 Å². The third kappa shape index (κ3) is 2.85. The van der Waals surface area contributed by atoms with E-state index < -0.39 is 17.8 Å². The fraction of sp³-hybridized carbons (Fsp3) is 0.250. The molecule has 1 amide bonds. The zero-order valence-electron chi connectivity index (χ0n) is 12.2. The van der Waals surface area contributed by atoms with Gasteiger partial charge in [0.05, 0.1) is 12.2 Å². The van der Waals surface area contributed by atoms with E-state index in [2.05, 4.69) is 9.97 Å². The summed E-state index contributed by atoms with van der Waals surface area (Å²) in [6.45, 7) is 0.500. The van der Waals surface area contributed by atoms with Crippen molar-refractivity contribution in [2.45, 2.75) is 6.42 Å². The average molecular weight is 313 g/mol. The fourth-order valence-corrected chi connectivity index (χ4v) is 2.66. The number of hydrogen-bond donors (Lipinski definition) is 2. The quantitative estimate of drug-likeness (QED) is 0.825. The SMILES string of the molecule is O=C(c1ccccc1)c1nc[nH]c1C(=O)N1CCC(C(=O)O)C1. The summed E-state index contributed by atoms with van der Waals surface area (Å²) in [5.74, 6) is -2.21. The summed E-state index contributed by atoms with van der Waals surface area (Å²) in [4.78, 5) is 44.1. The molecule has 1 aromatic carbocycles. The monoisotopic (exact) mass is 313 g/mol. The van der Waals surface area contributed by atoms with Crippen molar-refractivity contribution >= 4 is 17.7 Å². The number of nitrogens with one attached hydrogen (secondary N) is 1. The molecule has 1 saturated heterocycles. The number of carbonyl (C=O) groups is 3. The zero-order valence-corrected chi connectivity index (χ0v) is 12.2. The van der Waals surface area contributed by atoms with Crippen LogP contribution in [0.4, 0.5) is 0 Å². The van der Waals surface area contributed by atoms with Crippen LogP contribution >= 0.6 is 0 Å². The highest BCUT2D eigenvalue weighted by Crippen LogP contribution is 2.20. The number of aromatic amines is 1. The summed E-state index contributed by atoms with van der Waals surface area (Å²) in [6, 6.07) is 8.57. The van der Waals surface area contributed by atoms with Gasteiger partial charge in [0, 0.05) is 18.7 Å². The number of rotatable bonds is 4. The van der Waals surface area contributed by atoms with Crippen LogP contribution in [-0.2, 0) is 4.79 Å². The number of hydrogen-bond acceptors (Lipinski definition) is 4. The van der Waals surface area contributed by atoms with Gasteiger partial charge in [-0.3, -0.25) is 14.4 Å². The molecule has 1 aliphatic heterocycles. The topological polar surface area (TPSA) is 103 Å². The Balaban J connectivity index is 1.83. The van der Waals surface area contributed by atoms with Crippen LogP contribution in [0.15, 0.2) is 36.7 Å². The molecule has 1 aromatic heterocycles. The van der Waals surface area contributed by atoms with Gasteiger partial charge in [0.25, 0.3) is 5.91 Å². The molecule has 2 heterocycles. The Morgan fingerprint density at radius 2 is 1.96 bits per heavy atom. The highest BCUT2D eigenvalue weighted by Gasteiger charge is 2.33. The molecule has 7 heteroatoms. The largest absolute Gasteiger partial charge is 0.481 e. The standard InChI is InChI=1S/C16H15N3O4/c20-14(10-4-2-1-3-5-10)12-13(18-9-17-12)15(21)19-7-6-11(8-19)16(22)23/h1-5,9,11H,6-8H2,(H,17,18)(H,22,23). The first-order valence-electron chi connectivity index (χ1n) is 7.23. The number of nitrogens with zero attached hydrogens (tertiary/aromatic N) is 2. The van der Waals surface area contributed by atoms with Crippen molar-refractivity contribution in [1.82, 2.24) is 14.9 Å². The number of imidazole rings is 1. The van der Waals surface area contributed by atoms with E-state index in [4.69, 9.17) is 5.11 Å². The fourth-order valence-electron chi connectivity index (χ4n) is 2.66. The van der Waals surface area contributed by atoms with Crippen molar-refractivity contribution in [1.29, 1.82) is 0 Å². The minimum Gasteiger partial charge on any atom is -0.481 e. The number of amides is 1. The summed E-state index contributed by atoms with van der Waals surface area (Å²) >= 11 is 0. The third-order valence-electron chi connectivity index (χ3n) is 3.93. The number of benzene rings is 1. The van der Waals surface area contributed by atoms with Crippen LogP contribution < -0.4 is 0 Å². The predicted octanol–water partition coefficient (Wildman–Crippen LogP) is 1.19. The Bertz CT molecular complexity index is 754. The van der Waals surface area contributed by atoms with Crippen molar-refractivity contribution in [3.63, 3.8) is 0 Å². The zero-order chi connectivity index (χ0) is 16.4. The number of carbonyl (C=O) groups excluding carboxylic acids is 2. The molecule has 118 valence electrons. The molecule has 7 nitrogen and oxygen atoms in total. The third-order valence-corrected chi connectivity index (χ3v) is 3.93. The Morgan fingerprint density at radius 3 is 2.61 bits per heavy atom. The summed E-state index contributed by atoms with van der Waals surface area (Å²) in [5, 5.41) is 9.02. The van der Waals surface area contributed by atoms with Crippen molar-refractivity contribution in [3.05, 3.63) is 53.6 Å². The lowest BCUT2D eigenvalue weighted by molar-refractivity contribution is -0.141. The maximum Gasteiger partial charge on any atom is 0.308 e. The van der Waals surface area contributed by atoms with E-state index in [1.807, 2.05) is 0 Å². The number of aromatic nitrogens is 2. The molecular weight excluding hydrogens is 298 g/mol. The van der Waals surface area contributed by atoms with Gasteiger partial charge in [0.15, 0.2) is 0 Å². The molecule has 0 saturated carbocycles. The van der Waals surface area contributed by atoms with Gasteiger partial charge in [-0.2, -0.15) is 0 Å². The number of aliphatic carboxylic acids is 1. The summed E-state index contributed by atoms with van der Waals surface area (Å²) in [7, 11) is 0. The van der Waals surface area contributed by atoms with Gasteiger partial charge in [0.2, 0.25) is 5.78 Å². The summed E-state index contributed by atoms with van der Waals surface area (Å²) in [6.07, 6.45) is 1.71. The molecule has 3 rings (SSSR count). The van der Waals surface area contributed by atoms with Gasteiger partial charge >= 0.3 is 5.97 Å². The Hall–Kier alpha value is -2.96. The summed E-state index contributed by atoms with van der Waals surface area (Å²) < 4.78 is 0. The maximum absolute atomic E-state index is 12.5. The Labute approximate surface area is 132 Å². The lowest BCUT2D eigenvalue weighted by Crippen LogP contribution is -2.31. The Kier molecular flexibility index (Phi) is 3.92. The van der Waals surface area contributed by atoms with Gasteiger partial charge < -0.3 is 15.0 Å². The second kappa shape index (κ2) is 6.04. The van der Waals surface area contributed by atoms with Crippen LogP contribution in [0.25, 0.3) is 0 Å². The molecular formula is C16H15N3O4. The van der Waals surface area contributed by atoms with Crippen LogP contribution in [0.2, 0.25) is 0 Å². The van der Waals surface area contributed by atoms with E-state index in [0.29, 0.717) is 18.5 Å². The second-order valence-electron chi connectivity index (χ2n) is 5.40. The maximum atomic E-state index is 12.5. The van der Waals surface area contributed by atoms with Crippen molar-refractivity contribution < 1.29 is 19.5 Å². The lowest BCUT2D eigenvalue weighted by Gasteiger charge is -2.15. The second-order valence-corrected chi connectivity index (χ2v) is 5.40. The van der Waals surface area contributed by atoms with Crippen molar-refractivity contribution in [2.75, 3.05) is 13.1 Å². The normalized spacial score (nSPS) is 17.2. The molecule has 1 atom stereocenters. The van der Waals surface area contributed by atoms with Crippen molar-refractivity contribution in [3.8, 4) is 0 Å². The van der Waals surface area contributed by atoms with Gasteiger partial charge in [-0.25, -0.2) is 4.98 Å². The Morgan fingerprint density at radius 1 is 1.22 bits per heavy atom. The number of ketones is 1. The average Bonchev–Trinajstić information content (AvgIpc) is 3.23. The highest BCUT2D eigenvalue weighted by atomic mass is 16.4. The lowest BCUT2D eigenvalue weighted by atomic mass is 10.1. The molecule has 0 spiro atoms. The molecule has 1 aliphatic rings. The van der Waals surface area contributed by atoms with Crippen LogP contribution in [0, 0.1) is 5.92 Å². The highest BCUT2D eigenvalue weighted by molar-refractivity contribution is 6.13. The minimum atomic E-state index is -0.912. The first kappa shape index (κ1) is 15.0. The van der Waals surface area contributed by atoms with Gasteiger partial charge in [-0.05, 0) is 6.42 Å². The molecule has 1 unspecified atom stereocenters. The molecule has 0 radical (unpaired) electrons. The van der Waals surface area contributed by atoms with E-state index in [-0.39, 0.29) is 23.7 Å². The van der Waals surface area contributed by atoms with Crippen LogP contribution in [0.5, 0.6) is 0 Å². The molecule has 2 aromatic rings. The van der Waals surface area contributed by atoms with Crippen LogP contribution in [-0.4, -0.2) is 50.7 Å². The van der Waals surface area contributed by atoms with E-state index in [0.717, 1.165) is 0 Å². The van der Waals surface area contributed by atoms with E-state index in [1.165, 1.54) is 11.2 Å². The molecule has 0 bridgehead atoms. The van der Waals surface area contributed by atoms with Gasteiger partial charge in [-0.1, -0.05) is 30.3 Å². The molecule has 1 fully saturated rings. The summed E-state index contributed by atoms with van der Waals surface area (Å²) in [5.41, 5.74) is 0.600. The van der Waals surface area contributed by atoms with E-state index in [9.17, 15) is 14.4 Å². The predicted molar refractivity (Wildman–Crippen MR) is 80.1 cm³/mol. The van der Waals surface area contributed by atoms with Gasteiger partial charge in [0.1, 0.15) is 11.4 Å². The number of carboxylic acid groups (broad SMARTS) is 1. The van der Waals surface area contributed by atoms with E-state index >= 15 is 0 Å². The smallest absolute Gasteiger partial charge is 0.308 e. The molecule has 2 N–H and O–H groups in total. The first-order valence-corrected chi connectivity index (χ1v) is 7.23. The molecule has 0 aliphatic carbocycles.